The second-order valence-corrected chi connectivity index (χ2v) is 5.66. The third-order valence-corrected chi connectivity index (χ3v) is 3.70. The summed E-state index contributed by atoms with van der Waals surface area (Å²) in [7, 11) is 0. The number of rotatable bonds is 4. The first kappa shape index (κ1) is 15.3. The Morgan fingerprint density at radius 1 is 1.38 bits per heavy atom. The van der Waals surface area contributed by atoms with Gasteiger partial charge in [0.15, 0.2) is 0 Å². The number of aliphatic hydroxyl groups excluding tert-OH is 1. The van der Waals surface area contributed by atoms with E-state index in [1.54, 1.807) is 11.3 Å². The SMILES string of the molecule is Cc1ccc(C#CCCO)c(NC(=O)Cc2cccs2)c1. The maximum absolute atomic E-state index is 12.1. The van der Waals surface area contributed by atoms with Gasteiger partial charge in [-0.25, -0.2) is 0 Å². The predicted octanol–water partition coefficient (Wildman–Crippen LogP) is 2.97. The molecule has 1 heterocycles. The van der Waals surface area contributed by atoms with Gasteiger partial charge in [0.05, 0.1) is 18.7 Å². The van der Waals surface area contributed by atoms with Gasteiger partial charge in [0.25, 0.3) is 0 Å². The number of amides is 1. The van der Waals surface area contributed by atoms with E-state index in [1.165, 1.54) is 0 Å². The van der Waals surface area contributed by atoms with Crippen molar-refractivity contribution in [2.24, 2.45) is 0 Å². The van der Waals surface area contributed by atoms with Crippen molar-refractivity contribution in [1.29, 1.82) is 0 Å². The Bertz CT molecular complexity index is 666. The molecule has 0 saturated carbocycles. The van der Waals surface area contributed by atoms with Crippen LogP contribution >= 0.6 is 11.3 Å². The number of anilines is 1. The molecule has 2 rings (SSSR count). The lowest BCUT2D eigenvalue weighted by atomic mass is 10.1. The summed E-state index contributed by atoms with van der Waals surface area (Å²) >= 11 is 1.57. The van der Waals surface area contributed by atoms with Crippen LogP contribution in [0.4, 0.5) is 5.69 Å². The highest BCUT2D eigenvalue weighted by Gasteiger charge is 2.07. The largest absolute Gasteiger partial charge is 0.395 e. The zero-order chi connectivity index (χ0) is 15.1. The normalized spacial score (nSPS) is 9.81. The van der Waals surface area contributed by atoms with Crippen molar-refractivity contribution < 1.29 is 9.90 Å². The zero-order valence-electron chi connectivity index (χ0n) is 11.8. The molecule has 1 amide bonds. The molecule has 2 aromatic rings. The minimum Gasteiger partial charge on any atom is -0.395 e. The van der Waals surface area contributed by atoms with Gasteiger partial charge >= 0.3 is 0 Å². The van der Waals surface area contributed by atoms with Crippen LogP contribution in [0.3, 0.4) is 0 Å². The van der Waals surface area contributed by atoms with Crippen LogP contribution < -0.4 is 5.32 Å². The van der Waals surface area contributed by atoms with Gasteiger partial charge in [-0.2, -0.15) is 0 Å². The number of benzene rings is 1. The van der Waals surface area contributed by atoms with Gasteiger partial charge in [-0.3, -0.25) is 4.79 Å². The minimum absolute atomic E-state index is 0.0406. The fourth-order valence-electron chi connectivity index (χ4n) is 1.85. The Hall–Kier alpha value is -2.09. The Labute approximate surface area is 128 Å². The summed E-state index contributed by atoms with van der Waals surface area (Å²) in [5, 5.41) is 13.7. The lowest BCUT2D eigenvalue weighted by Gasteiger charge is -2.08. The van der Waals surface area contributed by atoms with E-state index in [-0.39, 0.29) is 12.5 Å². The van der Waals surface area contributed by atoms with Crippen molar-refractivity contribution in [2.75, 3.05) is 11.9 Å². The monoisotopic (exact) mass is 299 g/mol. The van der Waals surface area contributed by atoms with Crippen LogP contribution in [0, 0.1) is 18.8 Å². The number of thiophene rings is 1. The highest BCUT2D eigenvalue weighted by Crippen LogP contribution is 2.18. The van der Waals surface area contributed by atoms with Gasteiger partial charge in [-0.1, -0.05) is 24.0 Å². The van der Waals surface area contributed by atoms with Crippen LogP contribution in [0.25, 0.3) is 0 Å². The van der Waals surface area contributed by atoms with E-state index in [0.29, 0.717) is 12.8 Å². The smallest absolute Gasteiger partial charge is 0.229 e. The third-order valence-electron chi connectivity index (χ3n) is 2.82. The topological polar surface area (TPSA) is 49.3 Å². The van der Waals surface area contributed by atoms with Crippen LogP contribution in [0.15, 0.2) is 35.7 Å². The molecule has 0 spiro atoms. The zero-order valence-corrected chi connectivity index (χ0v) is 12.7. The number of hydrogen-bond acceptors (Lipinski definition) is 3. The molecule has 0 radical (unpaired) electrons. The van der Waals surface area contributed by atoms with Gasteiger partial charge in [-0.15, -0.1) is 11.3 Å². The number of aliphatic hydroxyl groups is 1. The quantitative estimate of drug-likeness (QED) is 0.853. The number of aryl methyl sites for hydroxylation is 1. The molecule has 0 aliphatic rings. The highest BCUT2D eigenvalue weighted by molar-refractivity contribution is 7.10. The summed E-state index contributed by atoms with van der Waals surface area (Å²) in [6, 6.07) is 9.64. The molecule has 0 saturated heterocycles. The minimum atomic E-state index is -0.0479. The van der Waals surface area contributed by atoms with Gasteiger partial charge < -0.3 is 10.4 Å². The van der Waals surface area contributed by atoms with Gasteiger partial charge in [-0.05, 0) is 36.1 Å². The van der Waals surface area contributed by atoms with Gasteiger partial charge in [0.1, 0.15) is 0 Å². The Morgan fingerprint density at radius 2 is 2.24 bits per heavy atom. The Balaban J connectivity index is 2.12. The van der Waals surface area contributed by atoms with Crippen molar-refractivity contribution in [1.82, 2.24) is 0 Å². The molecule has 0 atom stereocenters. The highest BCUT2D eigenvalue weighted by atomic mass is 32.1. The van der Waals surface area contributed by atoms with Crippen molar-refractivity contribution in [3.63, 3.8) is 0 Å². The number of nitrogens with one attached hydrogen (secondary N) is 1. The molecule has 0 unspecified atom stereocenters. The second kappa shape index (κ2) is 7.63. The Morgan fingerprint density at radius 3 is 2.95 bits per heavy atom. The van der Waals surface area contributed by atoms with Gasteiger partial charge in [0.2, 0.25) is 5.91 Å². The second-order valence-electron chi connectivity index (χ2n) is 4.63. The summed E-state index contributed by atoms with van der Waals surface area (Å²) in [6.07, 6.45) is 0.797. The molecule has 3 nitrogen and oxygen atoms in total. The van der Waals surface area contributed by atoms with E-state index in [2.05, 4.69) is 17.2 Å². The third kappa shape index (κ3) is 4.75. The average Bonchev–Trinajstić information content (AvgIpc) is 2.94. The maximum Gasteiger partial charge on any atom is 0.229 e. The molecule has 21 heavy (non-hydrogen) atoms. The van der Waals surface area contributed by atoms with Crippen molar-refractivity contribution in [3.8, 4) is 11.8 Å². The fourth-order valence-corrected chi connectivity index (χ4v) is 2.55. The Kier molecular flexibility index (Phi) is 5.56. The van der Waals surface area contributed by atoms with Crippen LogP contribution in [0.2, 0.25) is 0 Å². The first-order valence-corrected chi connectivity index (χ1v) is 7.59. The van der Waals surface area contributed by atoms with Gasteiger partial charge in [0, 0.05) is 16.9 Å². The van der Waals surface area contributed by atoms with E-state index < -0.39 is 0 Å². The van der Waals surface area contributed by atoms with E-state index in [9.17, 15) is 4.79 Å². The first-order chi connectivity index (χ1) is 10.2. The standard InChI is InChI=1S/C17H17NO2S/c1-13-7-8-14(5-2-3-9-19)16(11-13)18-17(20)12-15-6-4-10-21-15/h4,6-8,10-11,19H,3,9,12H2,1H3,(H,18,20). The summed E-state index contributed by atoms with van der Waals surface area (Å²) in [5.41, 5.74) is 2.56. The lowest BCUT2D eigenvalue weighted by molar-refractivity contribution is -0.115. The van der Waals surface area contributed by atoms with Crippen molar-refractivity contribution >= 4 is 22.9 Å². The summed E-state index contributed by atoms with van der Waals surface area (Å²) in [5.74, 6) is 5.82. The molecule has 2 N–H and O–H groups in total. The van der Waals surface area contributed by atoms with E-state index >= 15 is 0 Å². The summed E-state index contributed by atoms with van der Waals surface area (Å²) in [6.45, 7) is 2.01. The maximum atomic E-state index is 12.1. The van der Waals surface area contributed by atoms with Crippen LogP contribution in [0.1, 0.15) is 22.4 Å². The average molecular weight is 299 g/mol. The summed E-state index contributed by atoms with van der Waals surface area (Å²) < 4.78 is 0. The van der Waals surface area contributed by atoms with Crippen LogP contribution in [-0.4, -0.2) is 17.6 Å². The first-order valence-electron chi connectivity index (χ1n) is 6.71. The molecule has 4 heteroatoms. The lowest BCUT2D eigenvalue weighted by Crippen LogP contribution is -2.14. The van der Waals surface area contributed by atoms with Crippen molar-refractivity contribution in [3.05, 3.63) is 51.7 Å². The number of hydrogen-bond donors (Lipinski definition) is 2. The molecule has 0 bridgehead atoms. The molecular formula is C17H17NO2S. The van der Waals surface area contributed by atoms with E-state index in [1.807, 2.05) is 42.6 Å². The molecule has 0 fully saturated rings. The predicted molar refractivity (Wildman–Crippen MR) is 86.4 cm³/mol. The van der Waals surface area contributed by atoms with Crippen molar-refractivity contribution in [2.45, 2.75) is 19.8 Å². The number of carbonyl (C=O) groups is 1. The summed E-state index contributed by atoms with van der Waals surface area (Å²) in [4.78, 5) is 13.1. The molecule has 1 aromatic carbocycles. The van der Waals surface area contributed by atoms with Crippen LogP contribution in [0.5, 0.6) is 0 Å². The molecule has 1 aromatic heterocycles. The van der Waals surface area contributed by atoms with Crippen LogP contribution in [-0.2, 0) is 11.2 Å². The fraction of sp³-hybridized carbons (Fsp3) is 0.235. The van der Waals surface area contributed by atoms with E-state index in [0.717, 1.165) is 21.7 Å². The molecule has 0 aliphatic carbocycles. The molecule has 0 aliphatic heterocycles. The van der Waals surface area contributed by atoms with E-state index in [4.69, 9.17) is 5.11 Å². The molecule has 108 valence electrons. The molecular weight excluding hydrogens is 282 g/mol. The number of carbonyl (C=O) groups excluding carboxylic acids is 1.